The predicted molar refractivity (Wildman–Crippen MR) is 63.2 cm³/mol. The second-order valence-electron chi connectivity index (χ2n) is 4.41. The summed E-state index contributed by atoms with van der Waals surface area (Å²) in [6, 6.07) is 9.46. The molecule has 16 heavy (non-hydrogen) atoms. The molecule has 2 rings (SSSR count). The van der Waals surface area contributed by atoms with Gasteiger partial charge in [0.05, 0.1) is 0 Å². The molecular weight excluding hydrogens is 232 g/mol. The van der Waals surface area contributed by atoms with Crippen LogP contribution >= 0.6 is 12.4 Å². The zero-order valence-corrected chi connectivity index (χ0v) is 9.99. The average Bonchev–Trinajstić information content (AvgIpc) is 2.17. The van der Waals surface area contributed by atoms with Gasteiger partial charge in [-0.1, -0.05) is 30.3 Å². The molecule has 1 N–H and O–H groups in total. The molecular formula is C12H16ClF2N. The third-order valence-corrected chi connectivity index (χ3v) is 3.03. The normalized spacial score (nSPS) is 28.2. The lowest BCUT2D eigenvalue weighted by atomic mass is 9.82. The Bertz CT molecular complexity index is 342. The first-order chi connectivity index (χ1) is 7.02. The van der Waals surface area contributed by atoms with Crippen LogP contribution in [0.15, 0.2) is 30.3 Å². The molecule has 1 aliphatic heterocycles. The fraction of sp³-hybridized carbons (Fsp3) is 0.500. The van der Waals surface area contributed by atoms with Crippen LogP contribution in [0.5, 0.6) is 0 Å². The first-order valence-electron chi connectivity index (χ1n) is 5.20. The van der Waals surface area contributed by atoms with Crippen LogP contribution in [0.1, 0.15) is 25.3 Å². The minimum absolute atomic E-state index is 0. The molecule has 90 valence electrons. The van der Waals surface area contributed by atoms with Gasteiger partial charge in [0.15, 0.2) is 0 Å². The van der Waals surface area contributed by atoms with Crippen molar-refractivity contribution in [2.45, 2.75) is 31.2 Å². The highest BCUT2D eigenvalue weighted by molar-refractivity contribution is 5.85. The number of hydrogen-bond donors (Lipinski definition) is 1. The van der Waals surface area contributed by atoms with Gasteiger partial charge in [-0.3, -0.25) is 0 Å². The summed E-state index contributed by atoms with van der Waals surface area (Å²) in [5, 5.41) is 3.19. The summed E-state index contributed by atoms with van der Waals surface area (Å²) in [7, 11) is 0. The monoisotopic (exact) mass is 247 g/mol. The number of rotatable bonds is 1. The molecule has 0 aromatic heterocycles. The Labute approximate surface area is 101 Å². The number of nitrogens with one attached hydrogen (secondary N) is 1. The molecule has 4 heteroatoms. The quantitative estimate of drug-likeness (QED) is 0.803. The second kappa shape index (κ2) is 4.68. The molecule has 1 aliphatic rings. The van der Waals surface area contributed by atoms with Gasteiger partial charge >= 0.3 is 0 Å². The zero-order chi connectivity index (χ0) is 10.9. The SMILES string of the molecule is CC1(c2ccccc2)CC(F)(F)CCN1.Cl. The Morgan fingerprint density at radius 2 is 1.81 bits per heavy atom. The maximum absolute atomic E-state index is 13.3. The van der Waals surface area contributed by atoms with E-state index in [1.165, 1.54) is 0 Å². The van der Waals surface area contributed by atoms with E-state index in [1.807, 2.05) is 37.3 Å². The number of halogens is 3. The second-order valence-corrected chi connectivity index (χ2v) is 4.41. The molecule has 1 saturated heterocycles. The number of piperidine rings is 1. The van der Waals surface area contributed by atoms with Crippen molar-refractivity contribution in [3.63, 3.8) is 0 Å². The van der Waals surface area contributed by atoms with Crippen LogP contribution in [0.4, 0.5) is 8.78 Å². The highest BCUT2D eigenvalue weighted by Gasteiger charge is 2.43. The summed E-state index contributed by atoms with van der Waals surface area (Å²) in [6.07, 6.45) is -0.181. The lowest BCUT2D eigenvalue weighted by Gasteiger charge is -2.39. The number of alkyl halides is 2. The van der Waals surface area contributed by atoms with Gasteiger partial charge in [0.25, 0.3) is 5.92 Å². The molecule has 0 bridgehead atoms. The van der Waals surface area contributed by atoms with Gasteiger partial charge in [0.1, 0.15) is 0 Å². The third kappa shape index (κ3) is 2.71. The van der Waals surface area contributed by atoms with E-state index < -0.39 is 11.5 Å². The maximum atomic E-state index is 13.3. The predicted octanol–water partition coefficient (Wildman–Crippen LogP) is 3.34. The molecule has 1 nitrogen and oxygen atoms in total. The van der Waals surface area contributed by atoms with Crippen molar-refractivity contribution in [2.24, 2.45) is 0 Å². The molecule has 1 atom stereocenters. The van der Waals surface area contributed by atoms with Crippen molar-refractivity contribution in [3.05, 3.63) is 35.9 Å². The van der Waals surface area contributed by atoms with Crippen molar-refractivity contribution in [3.8, 4) is 0 Å². The van der Waals surface area contributed by atoms with Crippen LogP contribution in [0.2, 0.25) is 0 Å². The highest BCUT2D eigenvalue weighted by atomic mass is 35.5. The summed E-state index contributed by atoms with van der Waals surface area (Å²) >= 11 is 0. The van der Waals surface area contributed by atoms with E-state index in [-0.39, 0.29) is 25.2 Å². The van der Waals surface area contributed by atoms with Gasteiger partial charge in [-0.25, -0.2) is 8.78 Å². The molecule has 1 fully saturated rings. The van der Waals surface area contributed by atoms with Crippen LogP contribution in [-0.2, 0) is 5.54 Å². The van der Waals surface area contributed by atoms with E-state index >= 15 is 0 Å². The lowest BCUT2D eigenvalue weighted by Crippen LogP contribution is -2.50. The van der Waals surface area contributed by atoms with Gasteiger partial charge in [0, 0.05) is 24.9 Å². The van der Waals surface area contributed by atoms with Crippen molar-refractivity contribution >= 4 is 12.4 Å². The van der Waals surface area contributed by atoms with Crippen molar-refractivity contribution in [1.82, 2.24) is 5.32 Å². The number of hydrogen-bond acceptors (Lipinski definition) is 1. The van der Waals surface area contributed by atoms with Crippen molar-refractivity contribution in [2.75, 3.05) is 6.54 Å². The first kappa shape index (κ1) is 13.4. The summed E-state index contributed by atoms with van der Waals surface area (Å²) in [5.41, 5.74) is 0.340. The molecule has 1 aromatic carbocycles. The van der Waals surface area contributed by atoms with Gasteiger partial charge in [-0.2, -0.15) is 0 Å². The first-order valence-corrected chi connectivity index (χ1v) is 5.20. The summed E-state index contributed by atoms with van der Waals surface area (Å²) in [4.78, 5) is 0. The topological polar surface area (TPSA) is 12.0 Å². The highest BCUT2D eigenvalue weighted by Crippen LogP contribution is 2.38. The van der Waals surface area contributed by atoms with E-state index in [1.54, 1.807) is 0 Å². The largest absolute Gasteiger partial charge is 0.307 e. The van der Waals surface area contributed by atoms with Crippen molar-refractivity contribution in [1.29, 1.82) is 0 Å². The summed E-state index contributed by atoms with van der Waals surface area (Å²) < 4.78 is 26.7. The van der Waals surface area contributed by atoms with E-state index in [4.69, 9.17) is 0 Å². The van der Waals surface area contributed by atoms with Crippen LogP contribution < -0.4 is 5.32 Å². The fourth-order valence-corrected chi connectivity index (χ4v) is 2.20. The van der Waals surface area contributed by atoms with Gasteiger partial charge in [0.2, 0.25) is 0 Å². The summed E-state index contributed by atoms with van der Waals surface area (Å²) in [5.74, 6) is -2.55. The van der Waals surface area contributed by atoms with Crippen LogP contribution in [0, 0.1) is 0 Å². The van der Waals surface area contributed by atoms with Gasteiger partial charge in [-0.05, 0) is 12.5 Å². The lowest BCUT2D eigenvalue weighted by molar-refractivity contribution is -0.0611. The zero-order valence-electron chi connectivity index (χ0n) is 9.17. The fourth-order valence-electron chi connectivity index (χ4n) is 2.20. The Balaban J connectivity index is 0.00000128. The van der Waals surface area contributed by atoms with E-state index in [2.05, 4.69) is 5.32 Å². The Kier molecular flexibility index (Phi) is 3.92. The molecule has 0 radical (unpaired) electrons. The third-order valence-electron chi connectivity index (χ3n) is 3.03. The number of benzene rings is 1. The van der Waals surface area contributed by atoms with Crippen LogP contribution in [0.25, 0.3) is 0 Å². The van der Waals surface area contributed by atoms with Gasteiger partial charge < -0.3 is 5.32 Å². The van der Waals surface area contributed by atoms with Gasteiger partial charge in [-0.15, -0.1) is 12.4 Å². The average molecular weight is 248 g/mol. The van der Waals surface area contributed by atoms with E-state index in [0.29, 0.717) is 6.54 Å². The summed E-state index contributed by atoms with van der Waals surface area (Å²) in [6.45, 7) is 2.22. The smallest absolute Gasteiger partial charge is 0.251 e. The molecule has 0 aliphatic carbocycles. The standard InChI is InChI=1S/C12H15F2N.ClH/c1-11(10-5-3-2-4-6-10)9-12(13,14)7-8-15-11;/h2-6,15H,7-9H2,1H3;1H. The van der Waals surface area contributed by atoms with Crippen molar-refractivity contribution < 1.29 is 8.78 Å². The molecule has 1 heterocycles. The molecule has 0 spiro atoms. The maximum Gasteiger partial charge on any atom is 0.251 e. The molecule has 1 aromatic rings. The van der Waals surface area contributed by atoms with E-state index in [9.17, 15) is 8.78 Å². The van der Waals surface area contributed by atoms with E-state index in [0.717, 1.165) is 5.56 Å². The molecule has 0 saturated carbocycles. The van der Waals surface area contributed by atoms with Crippen LogP contribution in [-0.4, -0.2) is 12.5 Å². The Morgan fingerprint density at radius 3 is 2.38 bits per heavy atom. The van der Waals surface area contributed by atoms with Crippen LogP contribution in [0.3, 0.4) is 0 Å². The Hall–Kier alpha value is -0.670. The Morgan fingerprint density at radius 1 is 1.19 bits per heavy atom. The minimum atomic E-state index is -2.55. The molecule has 1 unspecified atom stereocenters. The molecule has 0 amide bonds. The minimum Gasteiger partial charge on any atom is -0.307 e.